The summed E-state index contributed by atoms with van der Waals surface area (Å²) in [7, 11) is 0. The molecule has 5 rings (SSSR count). The maximum atomic E-state index is 13.9. The van der Waals surface area contributed by atoms with Crippen molar-refractivity contribution < 1.29 is 29.0 Å². The molecule has 2 aliphatic rings. The summed E-state index contributed by atoms with van der Waals surface area (Å²) >= 11 is 1.60. The van der Waals surface area contributed by atoms with E-state index in [-0.39, 0.29) is 43.4 Å². The van der Waals surface area contributed by atoms with Gasteiger partial charge in [-0.15, -0.1) is 11.3 Å². The zero-order chi connectivity index (χ0) is 39.0. The van der Waals surface area contributed by atoms with Gasteiger partial charge in [0.15, 0.2) is 11.5 Å². The number of ether oxygens (including phenoxy) is 2. The normalized spacial score (nSPS) is 18.0. The second kappa shape index (κ2) is 18.5. The Morgan fingerprint density at radius 3 is 2.41 bits per heavy atom. The van der Waals surface area contributed by atoms with Crippen molar-refractivity contribution >= 4 is 29.1 Å². The van der Waals surface area contributed by atoms with Crippen LogP contribution in [0, 0.1) is 5.92 Å². The number of aryl methyl sites for hydroxylation is 1. The molecule has 12 nitrogen and oxygen atoms in total. The maximum absolute atomic E-state index is 13.9. The van der Waals surface area contributed by atoms with Crippen LogP contribution in [0.4, 0.5) is 0 Å². The van der Waals surface area contributed by atoms with E-state index in [9.17, 15) is 19.5 Å². The Balaban J connectivity index is 1.27. The van der Waals surface area contributed by atoms with Crippen molar-refractivity contribution in [3.63, 3.8) is 0 Å². The van der Waals surface area contributed by atoms with Crippen LogP contribution in [0.5, 0.6) is 11.5 Å². The molecule has 1 fully saturated rings. The number of β-amino-alcohol motifs (C(OH)–C–C–N with tert-alkyl or cyclic N) is 1. The molecule has 0 radical (unpaired) electrons. The van der Waals surface area contributed by atoms with Crippen molar-refractivity contribution in [2.75, 3.05) is 33.0 Å². The Labute approximate surface area is 324 Å². The zero-order valence-corrected chi connectivity index (χ0v) is 33.6. The number of hydrogen-bond donors (Lipinski definition) is 4. The summed E-state index contributed by atoms with van der Waals surface area (Å²) in [6, 6.07) is 13.6. The van der Waals surface area contributed by atoms with Gasteiger partial charge in [-0.25, -0.2) is 4.98 Å². The number of hydrogen-bond acceptors (Lipinski definition) is 10. The third-order valence-corrected chi connectivity index (χ3v) is 10.9. The van der Waals surface area contributed by atoms with Crippen LogP contribution in [0.15, 0.2) is 53.9 Å². The number of fused-ring (bicyclic) bond motifs is 1. The van der Waals surface area contributed by atoms with Crippen molar-refractivity contribution in [2.24, 2.45) is 5.92 Å². The fourth-order valence-electron chi connectivity index (χ4n) is 6.75. The number of benzene rings is 2. The number of rotatable bonds is 16. The standard InChI is InChI=1S/C41H58N6O6S/c1-26(2)37(44-36(49)16-14-30-24-54-40(42-30)27(3)4)39(51)43-31(19-28-11-9-8-10-12-28)33(48)23-47-18-17-46(22-32(47)38(50)45-41(5,6)7)21-29-13-15-34-35(20-29)53-25-52-34/h8-13,15,20,24,26-27,31-33,37,48H,14,16-19,21-23,25H2,1-7H3,(H,43,51)(H,44,49)(H,45,50)/t31?,32?,33?,37-/m0/s1. The van der Waals surface area contributed by atoms with Crippen molar-refractivity contribution in [2.45, 2.75) is 110 Å². The number of aromatic nitrogens is 1. The first-order valence-electron chi connectivity index (χ1n) is 19.1. The molecule has 3 heterocycles. The fraction of sp³-hybridized carbons (Fsp3) is 0.561. The van der Waals surface area contributed by atoms with E-state index < -0.39 is 29.8 Å². The van der Waals surface area contributed by atoms with Crippen LogP contribution in [0.3, 0.4) is 0 Å². The summed E-state index contributed by atoms with van der Waals surface area (Å²) in [6.45, 7) is 16.5. The van der Waals surface area contributed by atoms with Gasteiger partial charge in [-0.2, -0.15) is 0 Å². The Kier molecular flexibility index (Phi) is 14.1. The van der Waals surface area contributed by atoms with Crippen molar-refractivity contribution in [1.29, 1.82) is 0 Å². The Morgan fingerprint density at radius 2 is 1.72 bits per heavy atom. The predicted octanol–water partition coefficient (Wildman–Crippen LogP) is 4.26. The summed E-state index contributed by atoms with van der Waals surface area (Å²) in [5.41, 5.74) is 2.44. The van der Waals surface area contributed by atoms with Crippen LogP contribution in [0.1, 0.15) is 82.6 Å². The quantitative estimate of drug-likeness (QED) is 0.168. The lowest BCUT2D eigenvalue weighted by Crippen LogP contribution is -2.63. The van der Waals surface area contributed by atoms with Gasteiger partial charge < -0.3 is 30.5 Å². The van der Waals surface area contributed by atoms with E-state index in [0.717, 1.165) is 33.3 Å². The van der Waals surface area contributed by atoms with Crippen LogP contribution in [0.2, 0.25) is 0 Å². The predicted molar refractivity (Wildman–Crippen MR) is 210 cm³/mol. The first kappa shape index (κ1) is 41.1. The molecule has 1 aromatic heterocycles. The molecule has 2 aromatic carbocycles. The largest absolute Gasteiger partial charge is 0.454 e. The first-order valence-corrected chi connectivity index (χ1v) is 20.0. The number of piperazine rings is 1. The average Bonchev–Trinajstić information content (AvgIpc) is 3.79. The van der Waals surface area contributed by atoms with E-state index in [1.807, 2.05) is 93.4 Å². The van der Waals surface area contributed by atoms with Crippen molar-refractivity contribution in [1.82, 2.24) is 30.7 Å². The molecule has 0 saturated carbocycles. The highest BCUT2D eigenvalue weighted by Gasteiger charge is 2.37. The second-order valence-corrected chi connectivity index (χ2v) is 17.1. The molecule has 3 amide bonds. The highest BCUT2D eigenvalue weighted by atomic mass is 32.1. The van der Waals surface area contributed by atoms with Crippen LogP contribution in [-0.2, 0) is 33.8 Å². The molecule has 0 bridgehead atoms. The number of thiazole rings is 1. The number of carbonyl (C=O) groups is 3. The third-order valence-electron chi connectivity index (χ3n) is 9.67. The van der Waals surface area contributed by atoms with E-state index in [2.05, 4.69) is 39.7 Å². The minimum atomic E-state index is -1.01. The first-order chi connectivity index (χ1) is 25.6. The van der Waals surface area contributed by atoms with Crippen LogP contribution in [0.25, 0.3) is 0 Å². The number of amides is 3. The van der Waals surface area contributed by atoms with Gasteiger partial charge in [0.2, 0.25) is 24.5 Å². The lowest BCUT2D eigenvalue weighted by atomic mass is 9.97. The molecule has 54 heavy (non-hydrogen) atoms. The van der Waals surface area contributed by atoms with E-state index in [1.165, 1.54) is 0 Å². The monoisotopic (exact) mass is 762 g/mol. The number of carbonyl (C=O) groups excluding carboxylic acids is 3. The fourth-order valence-corrected chi connectivity index (χ4v) is 7.62. The van der Waals surface area contributed by atoms with E-state index in [0.29, 0.717) is 44.9 Å². The van der Waals surface area contributed by atoms with E-state index in [1.54, 1.807) is 11.3 Å². The zero-order valence-electron chi connectivity index (χ0n) is 32.8. The SMILES string of the molecule is CC(C)c1nc(CCC(=O)N[C@H](C(=O)NC(Cc2ccccc2)C(O)CN2CCN(Cc3ccc4c(c3)OCO4)CC2C(=O)NC(C)(C)C)C(C)C)cs1. The van der Waals surface area contributed by atoms with Crippen molar-refractivity contribution in [3.8, 4) is 11.5 Å². The molecule has 0 aliphatic carbocycles. The minimum Gasteiger partial charge on any atom is -0.454 e. The molecule has 0 spiro atoms. The lowest BCUT2D eigenvalue weighted by molar-refractivity contribution is -0.133. The van der Waals surface area contributed by atoms with Crippen LogP contribution in [-0.4, -0.2) is 100 Å². The van der Waals surface area contributed by atoms with Gasteiger partial charge in [-0.1, -0.05) is 64.1 Å². The number of nitrogens with zero attached hydrogens (tertiary/aromatic N) is 3. The lowest BCUT2D eigenvalue weighted by Gasteiger charge is -2.43. The molecule has 3 unspecified atom stereocenters. The Morgan fingerprint density at radius 1 is 0.981 bits per heavy atom. The second-order valence-electron chi connectivity index (χ2n) is 16.2. The highest BCUT2D eigenvalue weighted by molar-refractivity contribution is 7.09. The number of aliphatic hydroxyl groups is 1. The molecule has 3 aromatic rings. The molecule has 13 heteroatoms. The third kappa shape index (κ3) is 11.7. The molecule has 294 valence electrons. The summed E-state index contributed by atoms with van der Waals surface area (Å²) in [4.78, 5) is 49.8. The summed E-state index contributed by atoms with van der Waals surface area (Å²) in [5.74, 6) is 0.880. The van der Waals surface area contributed by atoms with Gasteiger partial charge in [0.1, 0.15) is 12.1 Å². The minimum absolute atomic E-state index is 0.116. The van der Waals surface area contributed by atoms with Gasteiger partial charge in [0, 0.05) is 56.0 Å². The van der Waals surface area contributed by atoms with Crippen LogP contribution >= 0.6 is 11.3 Å². The smallest absolute Gasteiger partial charge is 0.243 e. The number of aliphatic hydroxyl groups excluding tert-OH is 1. The van der Waals surface area contributed by atoms with Gasteiger partial charge in [-0.3, -0.25) is 24.2 Å². The Bertz CT molecular complexity index is 1710. The number of nitrogens with one attached hydrogen (secondary N) is 3. The van der Waals surface area contributed by atoms with E-state index >= 15 is 0 Å². The molecular weight excluding hydrogens is 705 g/mol. The molecule has 4 N–H and O–H groups in total. The average molecular weight is 763 g/mol. The summed E-state index contributed by atoms with van der Waals surface area (Å²) < 4.78 is 11.1. The van der Waals surface area contributed by atoms with E-state index in [4.69, 9.17) is 9.47 Å². The molecule has 2 aliphatic heterocycles. The highest BCUT2D eigenvalue weighted by Crippen LogP contribution is 2.33. The van der Waals surface area contributed by atoms with Crippen molar-refractivity contribution in [3.05, 3.63) is 75.7 Å². The van der Waals surface area contributed by atoms with Crippen LogP contribution < -0.4 is 25.4 Å². The molecule has 1 saturated heterocycles. The van der Waals surface area contributed by atoms with Gasteiger partial charge in [0.05, 0.1) is 22.8 Å². The van der Waals surface area contributed by atoms with Gasteiger partial charge in [0.25, 0.3) is 0 Å². The Hall–Kier alpha value is -4.04. The summed E-state index contributed by atoms with van der Waals surface area (Å²) in [5, 5.41) is 24.1. The van der Waals surface area contributed by atoms with Gasteiger partial charge >= 0.3 is 0 Å². The maximum Gasteiger partial charge on any atom is 0.243 e. The summed E-state index contributed by atoms with van der Waals surface area (Å²) in [6.07, 6.45) is 0.0668. The van der Waals surface area contributed by atoms with Gasteiger partial charge in [-0.05, 0) is 62.8 Å². The topological polar surface area (TPSA) is 145 Å². The molecular formula is C41H58N6O6S. The molecule has 4 atom stereocenters.